The number of rotatable bonds is 6. The van der Waals surface area contributed by atoms with Gasteiger partial charge in [-0.2, -0.15) is 0 Å². The second kappa shape index (κ2) is 8.56. The number of nitrogens with one attached hydrogen (secondary N) is 1. The van der Waals surface area contributed by atoms with Gasteiger partial charge in [0.15, 0.2) is 5.11 Å². The summed E-state index contributed by atoms with van der Waals surface area (Å²) in [5, 5.41) is 5.10. The number of aromatic nitrogens is 2. The number of pyridine rings is 1. The molecule has 0 amide bonds. The highest BCUT2D eigenvalue weighted by molar-refractivity contribution is 7.80. The maximum absolute atomic E-state index is 6.26. The number of aryl methyl sites for hydroxylation is 1. The van der Waals surface area contributed by atoms with E-state index in [1.54, 1.807) is 0 Å². The van der Waals surface area contributed by atoms with Gasteiger partial charge in [0.05, 0.1) is 17.8 Å². The van der Waals surface area contributed by atoms with Crippen LogP contribution in [0.2, 0.25) is 5.02 Å². The summed E-state index contributed by atoms with van der Waals surface area (Å²) in [7, 11) is 0. The molecule has 2 atom stereocenters. The van der Waals surface area contributed by atoms with Crippen molar-refractivity contribution in [2.24, 2.45) is 0 Å². The van der Waals surface area contributed by atoms with Gasteiger partial charge in [-0.25, -0.2) is 0 Å². The normalized spacial score (nSPS) is 18.9. The van der Waals surface area contributed by atoms with Gasteiger partial charge in [0.1, 0.15) is 0 Å². The number of nitrogens with zero attached hydrogens (tertiary/aromatic N) is 3. The largest absolute Gasteiger partial charge is 0.352 e. The van der Waals surface area contributed by atoms with Crippen LogP contribution in [-0.4, -0.2) is 26.1 Å². The average Bonchev–Trinajstić information content (AvgIpc) is 3.33. The van der Waals surface area contributed by atoms with Gasteiger partial charge in [-0.1, -0.05) is 31.0 Å². The van der Waals surface area contributed by atoms with Crippen LogP contribution in [0.4, 0.5) is 0 Å². The van der Waals surface area contributed by atoms with E-state index in [1.807, 2.05) is 31.3 Å². The van der Waals surface area contributed by atoms with Gasteiger partial charge < -0.3 is 14.8 Å². The Morgan fingerprint density at radius 3 is 2.76 bits per heavy atom. The molecule has 0 bridgehead atoms. The summed E-state index contributed by atoms with van der Waals surface area (Å²) in [6.07, 6.45) is 6.16. The van der Waals surface area contributed by atoms with Crippen LogP contribution in [0.15, 0.2) is 60.9 Å². The lowest BCUT2D eigenvalue weighted by Gasteiger charge is -2.29. The molecule has 2 aromatic heterocycles. The molecule has 0 spiro atoms. The molecule has 0 unspecified atom stereocenters. The first-order valence-corrected chi connectivity index (χ1v) is 10.8. The van der Waals surface area contributed by atoms with E-state index in [-0.39, 0.29) is 12.1 Å². The van der Waals surface area contributed by atoms with Gasteiger partial charge in [0.25, 0.3) is 0 Å². The molecule has 29 heavy (non-hydrogen) atoms. The van der Waals surface area contributed by atoms with Crippen molar-refractivity contribution in [2.75, 3.05) is 6.54 Å². The molecule has 1 aliphatic heterocycles. The summed E-state index contributed by atoms with van der Waals surface area (Å²) >= 11 is 12.0. The summed E-state index contributed by atoms with van der Waals surface area (Å²) in [6.45, 7) is 5.16. The summed E-state index contributed by atoms with van der Waals surface area (Å²) in [5.41, 5.74) is 4.35. The topological polar surface area (TPSA) is 33.1 Å². The molecule has 1 N–H and O–H groups in total. The van der Waals surface area contributed by atoms with Gasteiger partial charge >= 0.3 is 0 Å². The summed E-state index contributed by atoms with van der Waals surface area (Å²) in [6, 6.07) is 16.5. The van der Waals surface area contributed by atoms with Gasteiger partial charge in [-0.05, 0) is 73.6 Å². The molecule has 1 fully saturated rings. The van der Waals surface area contributed by atoms with Crippen LogP contribution in [0.3, 0.4) is 0 Å². The minimum absolute atomic E-state index is 0.00241. The number of hydrogen-bond donors (Lipinski definition) is 1. The van der Waals surface area contributed by atoms with Crippen LogP contribution in [0.5, 0.6) is 0 Å². The van der Waals surface area contributed by atoms with Gasteiger partial charge in [-0.3, -0.25) is 4.98 Å². The highest BCUT2D eigenvalue weighted by Gasteiger charge is 2.40. The smallest absolute Gasteiger partial charge is 0.170 e. The van der Waals surface area contributed by atoms with E-state index in [4.69, 9.17) is 23.8 Å². The van der Waals surface area contributed by atoms with Crippen molar-refractivity contribution in [3.05, 3.63) is 82.9 Å². The Morgan fingerprint density at radius 2 is 2.03 bits per heavy atom. The number of unbranched alkanes of at least 4 members (excludes halogenated alkanes) is 1. The number of halogens is 1. The molecule has 0 radical (unpaired) electrons. The van der Waals surface area contributed by atoms with Crippen molar-refractivity contribution in [1.82, 2.24) is 19.8 Å². The fourth-order valence-corrected chi connectivity index (χ4v) is 4.39. The molecular formula is C23H25ClN4S. The van der Waals surface area contributed by atoms with E-state index in [2.05, 4.69) is 63.2 Å². The third kappa shape index (κ3) is 3.89. The Kier molecular flexibility index (Phi) is 5.88. The zero-order valence-corrected chi connectivity index (χ0v) is 18.2. The van der Waals surface area contributed by atoms with Crippen LogP contribution < -0.4 is 5.32 Å². The maximum atomic E-state index is 6.26. The van der Waals surface area contributed by atoms with E-state index in [0.29, 0.717) is 0 Å². The standard InChI is InChI=1S/C23H25ClN4S/c1-3-4-13-28-22(21(26-23(28)29)19-8-5-6-12-25-19)20-9-7-14-27(20)17-10-11-18(24)16(2)15-17/h5-12,14-15,21-22H,3-4,13H2,1-2H3,(H,26,29)/t21-,22-/m0/s1. The fourth-order valence-electron chi connectivity index (χ4n) is 3.95. The Morgan fingerprint density at radius 1 is 1.17 bits per heavy atom. The Hall–Kier alpha value is -2.37. The molecule has 1 saturated heterocycles. The van der Waals surface area contributed by atoms with Gasteiger partial charge in [0.2, 0.25) is 0 Å². The maximum Gasteiger partial charge on any atom is 0.170 e. The van der Waals surface area contributed by atoms with E-state index in [0.717, 1.165) is 46.5 Å². The van der Waals surface area contributed by atoms with Crippen molar-refractivity contribution in [3.63, 3.8) is 0 Å². The van der Waals surface area contributed by atoms with Crippen LogP contribution in [0.1, 0.15) is 48.8 Å². The Balaban J connectivity index is 1.79. The third-order valence-electron chi connectivity index (χ3n) is 5.45. The Labute approximate surface area is 182 Å². The van der Waals surface area contributed by atoms with Gasteiger partial charge in [-0.15, -0.1) is 0 Å². The van der Waals surface area contributed by atoms with Crippen LogP contribution >= 0.6 is 23.8 Å². The van der Waals surface area contributed by atoms with E-state index >= 15 is 0 Å². The Bertz CT molecular complexity index is 1000. The molecule has 4 rings (SSSR count). The van der Waals surface area contributed by atoms with Crippen LogP contribution in [0, 0.1) is 6.92 Å². The van der Waals surface area contributed by atoms with Crippen molar-refractivity contribution in [3.8, 4) is 5.69 Å². The highest BCUT2D eigenvalue weighted by atomic mass is 35.5. The first-order valence-electron chi connectivity index (χ1n) is 10.0. The monoisotopic (exact) mass is 424 g/mol. The predicted octanol–water partition coefficient (Wildman–Crippen LogP) is 5.61. The van der Waals surface area contributed by atoms with Gasteiger partial charge in [0, 0.05) is 35.3 Å². The molecule has 3 aromatic rings. The molecular weight excluding hydrogens is 400 g/mol. The molecule has 0 aliphatic carbocycles. The van der Waals surface area contributed by atoms with Crippen LogP contribution in [-0.2, 0) is 0 Å². The minimum Gasteiger partial charge on any atom is -0.352 e. The number of benzene rings is 1. The summed E-state index contributed by atoms with van der Waals surface area (Å²) in [5.74, 6) is 0. The second-order valence-corrected chi connectivity index (χ2v) is 8.20. The van der Waals surface area contributed by atoms with E-state index in [9.17, 15) is 0 Å². The van der Waals surface area contributed by atoms with Crippen molar-refractivity contribution in [1.29, 1.82) is 0 Å². The molecule has 0 saturated carbocycles. The lowest BCUT2D eigenvalue weighted by atomic mass is 10.0. The number of thiocarbonyl (C=S) groups is 1. The highest BCUT2D eigenvalue weighted by Crippen LogP contribution is 2.39. The number of hydrogen-bond acceptors (Lipinski definition) is 2. The first-order chi connectivity index (χ1) is 14.1. The molecule has 1 aromatic carbocycles. The minimum atomic E-state index is 0.00241. The second-order valence-electron chi connectivity index (χ2n) is 7.41. The SMILES string of the molecule is CCCCN1C(=S)N[C@@H](c2ccccn2)[C@@H]1c1cccn1-c1ccc(Cl)c(C)c1. The van der Waals surface area contributed by atoms with Crippen molar-refractivity contribution in [2.45, 2.75) is 38.8 Å². The molecule has 1 aliphatic rings. The van der Waals surface area contributed by atoms with Crippen molar-refractivity contribution < 1.29 is 0 Å². The average molecular weight is 425 g/mol. The quantitative estimate of drug-likeness (QED) is 0.521. The zero-order chi connectivity index (χ0) is 20.4. The molecule has 6 heteroatoms. The fraction of sp³-hybridized carbons (Fsp3) is 0.304. The van der Waals surface area contributed by atoms with Crippen LogP contribution in [0.25, 0.3) is 5.69 Å². The lowest BCUT2D eigenvalue weighted by molar-refractivity contribution is 0.304. The molecule has 3 heterocycles. The van der Waals surface area contributed by atoms with E-state index < -0.39 is 0 Å². The third-order valence-corrected chi connectivity index (χ3v) is 6.23. The van der Waals surface area contributed by atoms with E-state index in [1.165, 1.54) is 5.69 Å². The summed E-state index contributed by atoms with van der Waals surface area (Å²) < 4.78 is 2.23. The molecule has 150 valence electrons. The molecule has 4 nitrogen and oxygen atoms in total. The first kappa shape index (κ1) is 19.9. The predicted molar refractivity (Wildman–Crippen MR) is 123 cm³/mol. The summed E-state index contributed by atoms with van der Waals surface area (Å²) in [4.78, 5) is 6.93. The lowest BCUT2D eigenvalue weighted by Crippen LogP contribution is -2.31. The zero-order valence-electron chi connectivity index (χ0n) is 16.7. The van der Waals surface area contributed by atoms with Crippen molar-refractivity contribution >= 4 is 28.9 Å².